The molecule has 0 aliphatic rings. The van der Waals surface area contributed by atoms with Crippen LogP contribution in [0, 0.1) is 13.8 Å². The van der Waals surface area contributed by atoms with E-state index in [2.05, 4.69) is 9.82 Å². The van der Waals surface area contributed by atoms with Gasteiger partial charge in [-0.05, 0) is 56.3 Å². The minimum atomic E-state index is -4.55. The van der Waals surface area contributed by atoms with Crippen molar-refractivity contribution in [2.75, 3.05) is 4.72 Å². The van der Waals surface area contributed by atoms with E-state index in [9.17, 15) is 21.6 Å². The van der Waals surface area contributed by atoms with Crippen LogP contribution in [0.2, 0.25) is 0 Å². The Labute approximate surface area is 154 Å². The molecule has 9 heteroatoms. The fourth-order valence-corrected chi connectivity index (χ4v) is 3.56. The number of nitrogens with one attached hydrogen (secondary N) is 1. The molecule has 0 fully saturated rings. The molecule has 3 aromatic rings. The van der Waals surface area contributed by atoms with Crippen LogP contribution in [-0.4, -0.2) is 18.2 Å². The predicted molar refractivity (Wildman–Crippen MR) is 95.3 cm³/mol. The summed E-state index contributed by atoms with van der Waals surface area (Å²) < 4.78 is 67.3. The maximum atomic E-state index is 13.1. The molecule has 0 saturated heterocycles. The molecule has 5 nitrogen and oxygen atoms in total. The van der Waals surface area contributed by atoms with Gasteiger partial charge in [0.15, 0.2) is 0 Å². The Morgan fingerprint density at radius 3 is 2.11 bits per heavy atom. The number of alkyl halides is 3. The van der Waals surface area contributed by atoms with Crippen LogP contribution in [-0.2, 0) is 16.2 Å². The topological polar surface area (TPSA) is 64.0 Å². The third-order valence-corrected chi connectivity index (χ3v) is 5.21. The lowest BCUT2D eigenvalue weighted by Crippen LogP contribution is -2.14. The number of anilines is 1. The first-order chi connectivity index (χ1) is 12.6. The highest BCUT2D eigenvalue weighted by molar-refractivity contribution is 7.92. The quantitative estimate of drug-likeness (QED) is 0.716. The first-order valence-electron chi connectivity index (χ1n) is 7.90. The lowest BCUT2D eigenvalue weighted by Gasteiger charge is -2.12. The molecule has 0 spiro atoms. The summed E-state index contributed by atoms with van der Waals surface area (Å²) in [5, 5.41) is 3.87. The molecule has 0 aliphatic carbocycles. The molecule has 1 N–H and O–H groups in total. The van der Waals surface area contributed by atoms with E-state index in [4.69, 9.17) is 0 Å². The molecule has 27 heavy (non-hydrogen) atoms. The monoisotopic (exact) mass is 395 g/mol. The minimum absolute atomic E-state index is 0.0965. The molecular formula is C18H16F3N3O2S. The number of hydrogen-bond donors (Lipinski definition) is 1. The third kappa shape index (κ3) is 4.13. The Bertz CT molecular complexity index is 1050. The number of hydrogen-bond acceptors (Lipinski definition) is 3. The lowest BCUT2D eigenvalue weighted by molar-refractivity contribution is -0.142. The van der Waals surface area contributed by atoms with Crippen molar-refractivity contribution < 1.29 is 21.6 Å². The predicted octanol–water partition coefficient (Wildman–Crippen LogP) is 4.31. The highest BCUT2D eigenvalue weighted by Gasteiger charge is 2.35. The van der Waals surface area contributed by atoms with Gasteiger partial charge < -0.3 is 0 Å². The lowest BCUT2D eigenvalue weighted by atomic mass is 10.2. The number of aryl methyl sites for hydroxylation is 2. The van der Waals surface area contributed by atoms with Gasteiger partial charge in [0.05, 0.1) is 16.3 Å². The van der Waals surface area contributed by atoms with Crippen molar-refractivity contribution in [3.8, 4) is 5.69 Å². The van der Waals surface area contributed by atoms with E-state index < -0.39 is 21.9 Å². The number of aromatic nitrogens is 2. The number of benzene rings is 2. The second-order valence-corrected chi connectivity index (χ2v) is 7.73. The van der Waals surface area contributed by atoms with Crippen LogP contribution in [0.15, 0.2) is 59.5 Å². The SMILES string of the molecule is Cc1ccc(S(=O)(=O)Nc2ccc(-n3nc(C)cc3C(F)(F)F)cc2)cc1. The van der Waals surface area contributed by atoms with Crippen LogP contribution >= 0.6 is 0 Å². The molecule has 0 amide bonds. The van der Waals surface area contributed by atoms with E-state index in [1.807, 2.05) is 6.92 Å². The van der Waals surface area contributed by atoms with Crippen LogP contribution in [0.25, 0.3) is 5.69 Å². The van der Waals surface area contributed by atoms with Gasteiger partial charge in [-0.25, -0.2) is 13.1 Å². The Kier molecular flexibility index (Phi) is 4.73. The van der Waals surface area contributed by atoms with Crippen molar-refractivity contribution in [3.63, 3.8) is 0 Å². The van der Waals surface area contributed by atoms with Crippen LogP contribution in [0.4, 0.5) is 18.9 Å². The normalized spacial score (nSPS) is 12.2. The van der Waals surface area contributed by atoms with Gasteiger partial charge in [-0.3, -0.25) is 4.72 Å². The summed E-state index contributed by atoms with van der Waals surface area (Å²) in [6.07, 6.45) is -4.55. The zero-order valence-electron chi connectivity index (χ0n) is 14.4. The van der Waals surface area contributed by atoms with E-state index in [1.54, 1.807) is 12.1 Å². The standard InChI is InChI=1S/C18H16F3N3O2S/c1-12-3-9-16(10-4-12)27(25,26)23-14-5-7-15(8-6-14)24-17(18(19,20)21)11-13(2)22-24/h3-11,23H,1-2H3. The molecule has 1 aromatic heterocycles. The Hall–Kier alpha value is -2.81. The van der Waals surface area contributed by atoms with Gasteiger partial charge in [-0.1, -0.05) is 17.7 Å². The smallest absolute Gasteiger partial charge is 0.280 e. The fraction of sp³-hybridized carbons (Fsp3) is 0.167. The maximum absolute atomic E-state index is 13.1. The molecular weight excluding hydrogens is 379 g/mol. The van der Waals surface area contributed by atoms with Gasteiger partial charge in [-0.15, -0.1) is 0 Å². The zero-order chi connectivity index (χ0) is 19.8. The summed E-state index contributed by atoms with van der Waals surface area (Å²) in [4.78, 5) is 0.0965. The van der Waals surface area contributed by atoms with Crippen LogP contribution in [0.5, 0.6) is 0 Å². The van der Waals surface area contributed by atoms with Gasteiger partial charge in [0, 0.05) is 5.69 Å². The zero-order valence-corrected chi connectivity index (χ0v) is 15.3. The Morgan fingerprint density at radius 1 is 0.963 bits per heavy atom. The summed E-state index contributed by atoms with van der Waals surface area (Å²) in [5.41, 5.74) is 0.665. The molecule has 1 heterocycles. The highest BCUT2D eigenvalue weighted by atomic mass is 32.2. The van der Waals surface area contributed by atoms with Crippen molar-refractivity contribution in [1.82, 2.24) is 9.78 Å². The average Bonchev–Trinajstić information content (AvgIpc) is 2.98. The van der Waals surface area contributed by atoms with Gasteiger partial charge in [-0.2, -0.15) is 18.3 Å². The van der Waals surface area contributed by atoms with Crippen molar-refractivity contribution in [2.45, 2.75) is 24.9 Å². The van der Waals surface area contributed by atoms with Crippen molar-refractivity contribution in [2.24, 2.45) is 0 Å². The number of sulfonamides is 1. The van der Waals surface area contributed by atoms with Crippen molar-refractivity contribution >= 4 is 15.7 Å². The number of nitrogens with zero attached hydrogens (tertiary/aromatic N) is 2. The number of halogens is 3. The molecule has 142 valence electrons. The summed E-state index contributed by atoms with van der Waals surface area (Å²) in [7, 11) is -3.79. The molecule has 0 aliphatic heterocycles. The van der Waals surface area contributed by atoms with Crippen molar-refractivity contribution in [3.05, 3.63) is 71.5 Å². The van der Waals surface area contributed by atoms with Gasteiger partial charge in [0.25, 0.3) is 10.0 Å². The van der Waals surface area contributed by atoms with Gasteiger partial charge in [0.2, 0.25) is 0 Å². The molecule has 0 bridgehead atoms. The minimum Gasteiger partial charge on any atom is -0.280 e. The molecule has 0 unspecified atom stereocenters. The Balaban J connectivity index is 1.87. The highest BCUT2D eigenvalue weighted by Crippen LogP contribution is 2.31. The van der Waals surface area contributed by atoms with Crippen LogP contribution in [0.1, 0.15) is 17.0 Å². The van der Waals surface area contributed by atoms with E-state index in [-0.39, 0.29) is 22.0 Å². The van der Waals surface area contributed by atoms with Crippen molar-refractivity contribution in [1.29, 1.82) is 0 Å². The molecule has 0 saturated carbocycles. The molecule has 0 atom stereocenters. The van der Waals surface area contributed by atoms with Crippen LogP contribution in [0.3, 0.4) is 0 Å². The first kappa shape index (κ1) is 19.0. The second kappa shape index (κ2) is 6.73. The van der Waals surface area contributed by atoms with Crippen LogP contribution < -0.4 is 4.72 Å². The number of rotatable bonds is 4. The van der Waals surface area contributed by atoms with E-state index in [1.165, 1.54) is 43.3 Å². The van der Waals surface area contributed by atoms with Gasteiger partial charge in [0.1, 0.15) is 5.69 Å². The molecule has 0 radical (unpaired) electrons. The maximum Gasteiger partial charge on any atom is 0.433 e. The fourth-order valence-electron chi connectivity index (χ4n) is 2.50. The second-order valence-electron chi connectivity index (χ2n) is 6.05. The third-order valence-electron chi connectivity index (χ3n) is 3.82. The van der Waals surface area contributed by atoms with Gasteiger partial charge >= 0.3 is 6.18 Å². The first-order valence-corrected chi connectivity index (χ1v) is 9.38. The summed E-state index contributed by atoms with van der Waals surface area (Å²) >= 11 is 0. The van der Waals surface area contributed by atoms with E-state index >= 15 is 0 Å². The van der Waals surface area contributed by atoms with E-state index in [0.29, 0.717) is 0 Å². The Morgan fingerprint density at radius 2 is 1.56 bits per heavy atom. The molecule has 3 rings (SSSR count). The largest absolute Gasteiger partial charge is 0.433 e. The summed E-state index contributed by atoms with van der Waals surface area (Å²) in [5.74, 6) is 0. The average molecular weight is 395 g/mol. The summed E-state index contributed by atoms with van der Waals surface area (Å²) in [6.45, 7) is 3.31. The molecule has 2 aromatic carbocycles. The summed E-state index contributed by atoms with van der Waals surface area (Å²) in [6, 6.07) is 12.8. The van der Waals surface area contributed by atoms with E-state index in [0.717, 1.165) is 16.3 Å².